The van der Waals surface area contributed by atoms with Gasteiger partial charge < -0.3 is 14.6 Å². The molecule has 0 saturated carbocycles. The van der Waals surface area contributed by atoms with Crippen molar-refractivity contribution in [3.05, 3.63) is 35.4 Å². The summed E-state index contributed by atoms with van der Waals surface area (Å²) in [5, 5.41) is 9.23. The van der Waals surface area contributed by atoms with Crippen molar-refractivity contribution in [2.24, 2.45) is 0 Å². The van der Waals surface area contributed by atoms with Crippen molar-refractivity contribution in [1.29, 1.82) is 0 Å². The molecule has 0 saturated heterocycles. The molecule has 0 radical (unpaired) electrons. The third kappa shape index (κ3) is 5.69. The van der Waals surface area contributed by atoms with Gasteiger partial charge in [-0.05, 0) is 37.1 Å². The number of aromatic hydroxyl groups is 1. The van der Waals surface area contributed by atoms with Crippen LogP contribution in [0.15, 0.2) is 29.8 Å². The minimum Gasteiger partial charge on any atom is -0.508 e. The molecule has 0 aromatic heterocycles. The first-order valence-corrected chi connectivity index (χ1v) is 6.93. The average Bonchev–Trinajstić information content (AvgIpc) is 2.47. The van der Waals surface area contributed by atoms with E-state index in [-0.39, 0.29) is 24.5 Å². The van der Waals surface area contributed by atoms with Crippen LogP contribution in [0.2, 0.25) is 0 Å². The molecule has 0 spiro atoms. The van der Waals surface area contributed by atoms with Crippen LogP contribution >= 0.6 is 0 Å². The maximum Gasteiger partial charge on any atom is 0.345 e. The average molecular weight is 292 g/mol. The zero-order valence-corrected chi connectivity index (χ0v) is 12.3. The van der Waals surface area contributed by atoms with Crippen LogP contribution in [-0.4, -0.2) is 30.3 Å². The molecule has 21 heavy (non-hydrogen) atoms. The molecule has 1 aromatic rings. The van der Waals surface area contributed by atoms with Gasteiger partial charge in [-0.25, -0.2) is 9.59 Å². The van der Waals surface area contributed by atoms with Gasteiger partial charge in [0.15, 0.2) is 0 Å². The van der Waals surface area contributed by atoms with E-state index in [9.17, 15) is 14.7 Å². The first kappa shape index (κ1) is 16.8. The van der Waals surface area contributed by atoms with E-state index >= 15 is 0 Å². The fraction of sp³-hybridized carbons (Fsp3) is 0.375. The largest absolute Gasteiger partial charge is 0.508 e. The number of carbonyl (C=O) groups excluding carboxylic acids is 2. The Bertz CT molecular complexity index is 502. The second-order valence-electron chi connectivity index (χ2n) is 4.36. The molecule has 0 bridgehead atoms. The second-order valence-corrected chi connectivity index (χ2v) is 4.36. The monoisotopic (exact) mass is 292 g/mol. The number of hydrogen-bond donors (Lipinski definition) is 1. The van der Waals surface area contributed by atoms with Crippen molar-refractivity contribution in [3.63, 3.8) is 0 Å². The molecule has 0 unspecified atom stereocenters. The van der Waals surface area contributed by atoms with Gasteiger partial charge in [0.2, 0.25) is 0 Å². The molecule has 1 rings (SSSR count). The Balaban J connectivity index is 2.93. The molecule has 0 aliphatic carbocycles. The fourth-order valence-corrected chi connectivity index (χ4v) is 1.53. The summed E-state index contributed by atoms with van der Waals surface area (Å²) in [4.78, 5) is 23.8. The lowest BCUT2D eigenvalue weighted by atomic mass is 10.1. The van der Waals surface area contributed by atoms with E-state index in [4.69, 9.17) is 9.47 Å². The molecule has 114 valence electrons. The van der Waals surface area contributed by atoms with Crippen molar-refractivity contribution in [1.82, 2.24) is 0 Å². The molecule has 0 atom stereocenters. The highest BCUT2D eigenvalue weighted by Crippen LogP contribution is 2.14. The first-order chi connectivity index (χ1) is 10.1. The summed E-state index contributed by atoms with van der Waals surface area (Å²) in [6.07, 6.45) is 3.02. The number of hydrogen-bond acceptors (Lipinski definition) is 5. The predicted molar refractivity (Wildman–Crippen MR) is 78.6 cm³/mol. The SMILES string of the molecule is CCCCOC(=O)C(=Cc1ccc(O)cc1)C(=O)OCC. The van der Waals surface area contributed by atoms with Crippen molar-refractivity contribution < 1.29 is 24.2 Å². The predicted octanol–water partition coefficient (Wildman–Crippen LogP) is 2.68. The zero-order chi connectivity index (χ0) is 15.7. The van der Waals surface area contributed by atoms with E-state index in [0.29, 0.717) is 5.56 Å². The van der Waals surface area contributed by atoms with Crippen molar-refractivity contribution in [2.45, 2.75) is 26.7 Å². The Morgan fingerprint density at radius 1 is 1.10 bits per heavy atom. The number of benzene rings is 1. The highest BCUT2D eigenvalue weighted by molar-refractivity contribution is 6.17. The number of unbranched alkanes of at least 4 members (excludes halogenated alkanes) is 1. The van der Waals surface area contributed by atoms with Gasteiger partial charge in [0.25, 0.3) is 0 Å². The van der Waals surface area contributed by atoms with E-state index in [0.717, 1.165) is 12.8 Å². The number of rotatable bonds is 7. The van der Waals surface area contributed by atoms with E-state index in [1.165, 1.54) is 18.2 Å². The van der Waals surface area contributed by atoms with Gasteiger partial charge in [0.05, 0.1) is 13.2 Å². The van der Waals surface area contributed by atoms with Crippen molar-refractivity contribution in [3.8, 4) is 5.75 Å². The molecule has 0 aliphatic heterocycles. The molecule has 0 aliphatic rings. The van der Waals surface area contributed by atoms with E-state index in [1.54, 1.807) is 19.1 Å². The van der Waals surface area contributed by atoms with Crippen LogP contribution in [0.3, 0.4) is 0 Å². The molecular weight excluding hydrogens is 272 g/mol. The molecule has 0 heterocycles. The van der Waals surface area contributed by atoms with Crippen LogP contribution in [0.5, 0.6) is 5.75 Å². The van der Waals surface area contributed by atoms with E-state index in [1.807, 2.05) is 6.92 Å². The topological polar surface area (TPSA) is 72.8 Å². The first-order valence-electron chi connectivity index (χ1n) is 6.93. The van der Waals surface area contributed by atoms with Gasteiger partial charge in [-0.2, -0.15) is 0 Å². The fourth-order valence-electron chi connectivity index (χ4n) is 1.53. The summed E-state index contributed by atoms with van der Waals surface area (Å²) in [6.45, 7) is 4.08. The third-order valence-electron chi connectivity index (χ3n) is 2.65. The lowest BCUT2D eigenvalue weighted by molar-refractivity contribution is -0.146. The smallest absolute Gasteiger partial charge is 0.345 e. The molecule has 1 N–H and O–H groups in total. The normalized spacial score (nSPS) is 11.0. The highest BCUT2D eigenvalue weighted by Gasteiger charge is 2.21. The molecule has 5 heteroatoms. The summed E-state index contributed by atoms with van der Waals surface area (Å²) in [5.74, 6) is -1.31. The van der Waals surface area contributed by atoms with Gasteiger partial charge in [0.1, 0.15) is 11.3 Å². The van der Waals surface area contributed by atoms with Crippen LogP contribution in [0.4, 0.5) is 0 Å². The maximum absolute atomic E-state index is 12.0. The summed E-state index contributed by atoms with van der Waals surface area (Å²) in [6, 6.07) is 6.12. The lowest BCUT2D eigenvalue weighted by Crippen LogP contribution is -2.18. The minimum atomic E-state index is -0.716. The van der Waals surface area contributed by atoms with Crippen molar-refractivity contribution in [2.75, 3.05) is 13.2 Å². The molecule has 0 fully saturated rings. The van der Waals surface area contributed by atoms with E-state index in [2.05, 4.69) is 0 Å². The molecule has 5 nitrogen and oxygen atoms in total. The van der Waals surface area contributed by atoms with E-state index < -0.39 is 11.9 Å². The van der Waals surface area contributed by atoms with Gasteiger partial charge in [-0.3, -0.25) is 0 Å². The Labute approximate surface area is 124 Å². The second kappa shape index (κ2) is 8.79. The van der Waals surface area contributed by atoms with Crippen LogP contribution in [-0.2, 0) is 19.1 Å². The Kier molecular flexibility index (Phi) is 7.01. The minimum absolute atomic E-state index is 0.107. The summed E-state index contributed by atoms with van der Waals surface area (Å²) in [7, 11) is 0. The summed E-state index contributed by atoms with van der Waals surface area (Å²) in [5.41, 5.74) is 0.446. The molecule has 0 amide bonds. The Morgan fingerprint density at radius 3 is 2.29 bits per heavy atom. The number of esters is 2. The number of ether oxygens (including phenoxy) is 2. The summed E-state index contributed by atoms with van der Waals surface area (Å²) < 4.78 is 9.92. The van der Waals surface area contributed by atoms with Gasteiger partial charge in [-0.1, -0.05) is 25.5 Å². The zero-order valence-electron chi connectivity index (χ0n) is 12.3. The molecule has 1 aromatic carbocycles. The number of phenolic OH excluding ortho intramolecular Hbond substituents is 1. The van der Waals surface area contributed by atoms with Crippen LogP contribution in [0.1, 0.15) is 32.3 Å². The van der Waals surface area contributed by atoms with Crippen LogP contribution < -0.4 is 0 Å². The van der Waals surface area contributed by atoms with Crippen LogP contribution in [0, 0.1) is 0 Å². The third-order valence-corrected chi connectivity index (χ3v) is 2.65. The lowest BCUT2D eigenvalue weighted by Gasteiger charge is -2.07. The highest BCUT2D eigenvalue weighted by atomic mass is 16.6. The van der Waals surface area contributed by atoms with Crippen LogP contribution in [0.25, 0.3) is 6.08 Å². The Hall–Kier alpha value is -2.30. The quantitative estimate of drug-likeness (QED) is 0.275. The van der Waals surface area contributed by atoms with Gasteiger partial charge in [-0.15, -0.1) is 0 Å². The Morgan fingerprint density at radius 2 is 1.71 bits per heavy atom. The van der Waals surface area contributed by atoms with Crippen molar-refractivity contribution >= 4 is 18.0 Å². The number of phenols is 1. The van der Waals surface area contributed by atoms with Gasteiger partial charge >= 0.3 is 11.9 Å². The maximum atomic E-state index is 12.0. The van der Waals surface area contributed by atoms with Gasteiger partial charge in [0, 0.05) is 0 Å². The number of carbonyl (C=O) groups is 2. The standard InChI is InChI=1S/C16H20O5/c1-3-5-10-21-16(19)14(15(18)20-4-2)11-12-6-8-13(17)9-7-12/h6-9,11,17H,3-5,10H2,1-2H3. The molecular formula is C16H20O5. The summed E-state index contributed by atoms with van der Waals surface area (Å²) >= 11 is 0.